The quantitative estimate of drug-likeness (QED) is 0.568. The monoisotopic (exact) mass is 348 g/mol. The van der Waals surface area contributed by atoms with Gasteiger partial charge < -0.3 is 14.4 Å². The van der Waals surface area contributed by atoms with Crippen LogP contribution in [-0.4, -0.2) is 43.0 Å². The van der Waals surface area contributed by atoms with Gasteiger partial charge in [-0.1, -0.05) is 0 Å². The van der Waals surface area contributed by atoms with E-state index in [1.54, 1.807) is 31.4 Å². The van der Waals surface area contributed by atoms with E-state index in [9.17, 15) is 19.3 Å². The molecule has 7 nitrogen and oxygen atoms in total. The molecule has 0 saturated heterocycles. The highest BCUT2D eigenvalue weighted by Crippen LogP contribution is 2.18. The first-order valence-corrected chi connectivity index (χ1v) is 7.38. The predicted molar refractivity (Wildman–Crippen MR) is 88.5 cm³/mol. The molecular formula is C17H17FN2O5. The number of benzene rings is 2. The summed E-state index contributed by atoms with van der Waals surface area (Å²) in [7, 11) is 3.06. The van der Waals surface area contributed by atoms with Crippen molar-refractivity contribution in [2.75, 3.05) is 27.3 Å². The number of carbonyl (C=O) groups is 1. The van der Waals surface area contributed by atoms with Gasteiger partial charge in [0, 0.05) is 13.1 Å². The van der Waals surface area contributed by atoms with E-state index < -0.39 is 22.3 Å². The third-order valence-corrected chi connectivity index (χ3v) is 3.50. The molecule has 132 valence electrons. The predicted octanol–water partition coefficient (Wildman–Crippen LogP) is 2.89. The van der Waals surface area contributed by atoms with Crippen molar-refractivity contribution in [3.63, 3.8) is 0 Å². The van der Waals surface area contributed by atoms with Gasteiger partial charge in [-0.05, 0) is 30.3 Å². The largest absolute Gasteiger partial charge is 0.497 e. The Hall–Kier alpha value is -3.16. The van der Waals surface area contributed by atoms with Crippen molar-refractivity contribution in [1.29, 1.82) is 0 Å². The molecule has 0 unspecified atom stereocenters. The van der Waals surface area contributed by atoms with Gasteiger partial charge in [0.15, 0.2) is 0 Å². The molecule has 0 heterocycles. The highest BCUT2D eigenvalue weighted by molar-refractivity contribution is 5.94. The maximum atomic E-state index is 13.9. The SMILES string of the molecule is COc1ccc(OCCN(C)C(=O)c2ccc([N+](=O)[O-])cc2F)cc1. The molecule has 2 rings (SSSR count). The molecule has 0 aromatic heterocycles. The summed E-state index contributed by atoms with van der Waals surface area (Å²) < 4.78 is 24.4. The van der Waals surface area contributed by atoms with Crippen LogP contribution in [0.5, 0.6) is 11.5 Å². The molecule has 0 aliphatic carbocycles. The Morgan fingerprint density at radius 2 is 1.84 bits per heavy atom. The standard InChI is InChI=1S/C17H17FN2O5/c1-19(9-10-25-14-6-4-13(24-2)5-7-14)17(21)15-8-3-12(20(22)23)11-16(15)18/h3-8,11H,9-10H2,1-2H3. The Morgan fingerprint density at radius 1 is 1.20 bits per heavy atom. The van der Waals surface area contributed by atoms with Crippen LogP contribution in [0.25, 0.3) is 0 Å². The maximum absolute atomic E-state index is 13.9. The van der Waals surface area contributed by atoms with Crippen LogP contribution in [0.3, 0.4) is 0 Å². The minimum absolute atomic E-state index is 0.211. The fourth-order valence-corrected chi connectivity index (χ4v) is 2.07. The van der Waals surface area contributed by atoms with Crippen LogP contribution in [0.4, 0.5) is 10.1 Å². The van der Waals surface area contributed by atoms with E-state index in [1.165, 1.54) is 11.9 Å². The summed E-state index contributed by atoms with van der Waals surface area (Å²) in [4.78, 5) is 23.4. The van der Waals surface area contributed by atoms with Crippen LogP contribution in [0.15, 0.2) is 42.5 Å². The molecule has 0 bridgehead atoms. The van der Waals surface area contributed by atoms with Gasteiger partial charge in [0.05, 0.1) is 30.2 Å². The van der Waals surface area contributed by atoms with Gasteiger partial charge in [0.25, 0.3) is 11.6 Å². The third kappa shape index (κ3) is 4.66. The molecule has 0 radical (unpaired) electrons. The first kappa shape index (κ1) is 18.2. The van der Waals surface area contributed by atoms with Crippen LogP contribution in [0.2, 0.25) is 0 Å². The molecule has 0 aliphatic heterocycles. The Morgan fingerprint density at radius 3 is 2.40 bits per heavy atom. The molecule has 1 amide bonds. The van der Waals surface area contributed by atoms with Gasteiger partial charge in [0.2, 0.25) is 0 Å². The average Bonchev–Trinajstić information content (AvgIpc) is 2.61. The summed E-state index contributed by atoms with van der Waals surface area (Å²) in [5, 5.41) is 10.6. The zero-order valence-corrected chi connectivity index (χ0v) is 13.8. The lowest BCUT2D eigenvalue weighted by atomic mass is 10.1. The number of hydrogen-bond donors (Lipinski definition) is 0. The van der Waals surface area contributed by atoms with Gasteiger partial charge in [-0.25, -0.2) is 4.39 Å². The zero-order chi connectivity index (χ0) is 18.4. The highest BCUT2D eigenvalue weighted by Gasteiger charge is 2.19. The number of non-ortho nitro benzene ring substituents is 1. The van der Waals surface area contributed by atoms with Crippen molar-refractivity contribution in [3.05, 3.63) is 64.0 Å². The average molecular weight is 348 g/mol. The summed E-state index contributed by atoms with van der Waals surface area (Å²) in [5.74, 6) is -0.190. The van der Waals surface area contributed by atoms with Crippen molar-refractivity contribution < 1.29 is 23.6 Å². The van der Waals surface area contributed by atoms with Gasteiger partial charge in [0.1, 0.15) is 23.9 Å². The molecule has 0 spiro atoms. The number of nitro groups is 1. The molecule has 2 aromatic rings. The fraction of sp³-hybridized carbons (Fsp3) is 0.235. The van der Waals surface area contributed by atoms with Gasteiger partial charge >= 0.3 is 0 Å². The van der Waals surface area contributed by atoms with Crippen molar-refractivity contribution in [1.82, 2.24) is 4.90 Å². The number of amides is 1. The number of halogens is 1. The summed E-state index contributed by atoms with van der Waals surface area (Å²) >= 11 is 0. The zero-order valence-electron chi connectivity index (χ0n) is 13.8. The molecule has 0 aliphatic rings. The van der Waals surface area contributed by atoms with E-state index in [0.29, 0.717) is 11.5 Å². The lowest BCUT2D eigenvalue weighted by Crippen LogP contribution is -2.31. The molecule has 8 heteroatoms. The summed E-state index contributed by atoms with van der Waals surface area (Å²) in [6, 6.07) is 9.89. The molecular weight excluding hydrogens is 331 g/mol. The van der Waals surface area contributed by atoms with Gasteiger partial charge in [-0.2, -0.15) is 0 Å². The van der Waals surface area contributed by atoms with E-state index >= 15 is 0 Å². The van der Waals surface area contributed by atoms with E-state index in [1.807, 2.05) is 0 Å². The van der Waals surface area contributed by atoms with Crippen molar-refractivity contribution in [2.24, 2.45) is 0 Å². The van der Waals surface area contributed by atoms with Crippen LogP contribution in [-0.2, 0) is 0 Å². The lowest BCUT2D eigenvalue weighted by molar-refractivity contribution is -0.385. The summed E-state index contributed by atoms with van der Waals surface area (Å²) in [5.41, 5.74) is -0.628. The number of carbonyl (C=O) groups excluding carboxylic acids is 1. The molecule has 0 fully saturated rings. The normalized spacial score (nSPS) is 10.2. The van der Waals surface area contributed by atoms with Crippen molar-refractivity contribution in [3.8, 4) is 11.5 Å². The van der Waals surface area contributed by atoms with E-state index in [4.69, 9.17) is 9.47 Å². The minimum Gasteiger partial charge on any atom is -0.497 e. The van der Waals surface area contributed by atoms with E-state index in [-0.39, 0.29) is 18.7 Å². The molecule has 0 atom stereocenters. The molecule has 25 heavy (non-hydrogen) atoms. The van der Waals surface area contributed by atoms with Crippen molar-refractivity contribution in [2.45, 2.75) is 0 Å². The Bertz CT molecular complexity index is 764. The second-order valence-electron chi connectivity index (χ2n) is 5.17. The highest BCUT2D eigenvalue weighted by atomic mass is 19.1. The topological polar surface area (TPSA) is 81.9 Å². The fourth-order valence-electron chi connectivity index (χ4n) is 2.07. The van der Waals surface area contributed by atoms with Crippen LogP contribution in [0.1, 0.15) is 10.4 Å². The second kappa shape index (κ2) is 8.09. The number of hydrogen-bond acceptors (Lipinski definition) is 5. The molecule has 0 saturated carbocycles. The van der Waals surface area contributed by atoms with Crippen LogP contribution >= 0.6 is 0 Å². The lowest BCUT2D eigenvalue weighted by Gasteiger charge is -2.18. The maximum Gasteiger partial charge on any atom is 0.272 e. The number of methoxy groups -OCH3 is 1. The number of rotatable bonds is 7. The van der Waals surface area contributed by atoms with Crippen molar-refractivity contribution >= 4 is 11.6 Å². The summed E-state index contributed by atoms with van der Waals surface area (Å²) in [6.45, 7) is 0.435. The molecule has 0 N–H and O–H groups in total. The Kier molecular flexibility index (Phi) is 5.89. The minimum atomic E-state index is -0.929. The van der Waals surface area contributed by atoms with Gasteiger partial charge in [-0.3, -0.25) is 14.9 Å². The van der Waals surface area contributed by atoms with Crippen LogP contribution in [0, 0.1) is 15.9 Å². The first-order chi connectivity index (χ1) is 11.9. The number of ether oxygens (including phenoxy) is 2. The first-order valence-electron chi connectivity index (χ1n) is 7.38. The van der Waals surface area contributed by atoms with E-state index in [2.05, 4.69) is 0 Å². The second-order valence-corrected chi connectivity index (χ2v) is 5.17. The Balaban J connectivity index is 1.92. The smallest absolute Gasteiger partial charge is 0.272 e. The van der Waals surface area contributed by atoms with Crippen LogP contribution < -0.4 is 9.47 Å². The van der Waals surface area contributed by atoms with E-state index in [0.717, 1.165) is 18.2 Å². The third-order valence-electron chi connectivity index (χ3n) is 3.50. The number of nitro benzene ring substituents is 1. The van der Waals surface area contributed by atoms with Gasteiger partial charge in [-0.15, -0.1) is 0 Å². The molecule has 2 aromatic carbocycles. The number of nitrogens with zero attached hydrogens (tertiary/aromatic N) is 2. The Labute approximate surface area is 143 Å². The number of likely N-dealkylation sites (N-methyl/N-ethyl adjacent to an activating group) is 1. The summed E-state index contributed by atoms with van der Waals surface area (Å²) in [6.07, 6.45) is 0.